The summed E-state index contributed by atoms with van der Waals surface area (Å²) in [6.45, 7) is 13.1. The number of ether oxygens (including phenoxy) is 3. The van der Waals surface area contributed by atoms with Gasteiger partial charge in [-0.3, -0.25) is 4.90 Å². The Balaban J connectivity index is 1.76. The number of piperazine rings is 1. The highest BCUT2D eigenvalue weighted by molar-refractivity contribution is 4.74. The number of nitrogens with zero attached hydrogens (tertiary/aromatic N) is 1. The van der Waals surface area contributed by atoms with E-state index in [1.54, 1.807) is 0 Å². The smallest absolute Gasteiger partial charge is 0.0701 e. The predicted octanol–water partition coefficient (Wildman–Crippen LogP) is 1.13. The molecule has 0 bridgehead atoms. The van der Waals surface area contributed by atoms with Gasteiger partial charge in [-0.25, -0.2) is 0 Å². The molecule has 5 heteroatoms. The van der Waals surface area contributed by atoms with Crippen molar-refractivity contribution in [3.8, 4) is 0 Å². The van der Waals surface area contributed by atoms with Crippen molar-refractivity contribution in [2.24, 2.45) is 0 Å². The maximum atomic E-state index is 5.59. The Morgan fingerprint density at radius 3 is 2.30 bits per heavy atom. The number of hydrogen-bond donors (Lipinski definition) is 1. The molecule has 1 aliphatic rings. The summed E-state index contributed by atoms with van der Waals surface area (Å²) in [5, 5.41) is 3.44. The van der Waals surface area contributed by atoms with Gasteiger partial charge < -0.3 is 19.5 Å². The average Bonchev–Trinajstić information content (AvgIpc) is 2.45. The molecule has 1 atom stereocenters. The first-order valence-electron chi connectivity index (χ1n) is 8.02. The van der Waals surface area contributed by atoms with Crippen molar-refractivity contribution >= 4 is 0 Å². The molecule has 1 heterocycles. The maximum Gasteiger partial charge on any atom is 0.0701 e. The summed E-state index contributed by atoms with van der Waals surface area (Å²) in [7, 11) is 0. The molecule has 0 aromatic rings. The zero-order valence-electron chi connectivity index (χ0n) is 13.2. The van der Waals surface area contributed by atoms with E-state index in [2.05, 4.69) is 24.1 Å². The van der Waals surface area contributed by atoms with Gasteiger partial charge in [0.2, 0.25) is 0 Å². The zero-order valence-corrected chi connectivity index (χ0v) is 13.2. The molecule has 20 heavy (non-hydrogen) atoms. The van der Waals surface area contributed by atoms with Crippen LogP contribution in [-0.2, 0) is 14.2 Å². The molecular formula is C15H32N2O3. The molecule has 0 spiro atoms. The van der Waals surface area contributed by atoms with Gasteiger partial charge in [0.25, 0.3) is 0 Å². The van der Waals surface area contributed by atoms with Gasteiger partial charge in [0.1, 0.15) is 0 Å². The van der Waals surface area contributed by atoms with E-state index in [4.69, 9.17) is 14.2 Å². The van der Waals surface area contributed by atoms with Crippen molar-refractivity contribution in [1.82, 2.24) is 10.2 Å². The van der Waals surface area contributed by atoms with E-state index >= 15 is 0 Å². The van der Waals surface area contributed by atoms with Crippen LogP contribution in [-0.4, -0.2) is 76.8 Å². The summed E-state index contributed by atoms with van der Waals surface area (Å²) in [6, 6.07) is 0.597. The summed E-state index contributed by atoms with van der Waals surface area (Å²) >= 11 is 0. The fraction of sp³-hybridized carbons (Fsp3) is 1.00. The number of nitrogens with one attached hydrogen (secondary N) is 1. The maximum absolute atomic E-state index is 5.59. The normalized spacial score (nSPS) is 20.4. The highest BCUT2D eigenvalue weighted by atomic mass is 16.5. The van der Waals surface area contributed by atoms with E-state index in [-0.39, 0.29) is 0 Å². The average molecular weight is 288 g/mol. The van der Waals surface area contributed by atoms with Crippen molar-refractivity contribution in [2.45, 2.75) is 32.7 Å². The molecule has 0 amide bonds. The van der Waals surface area contributed by atoms with E-state index in [0.29, 0.717) is 32.5 Å². The number of rotatable bonds is 12. The van der Waals surface area contributed by atoms with Crippen molar-refractivity contribution in [1.29, 1.82) is 0 Å². The Bertz CT molecular complexity index is 217. The van der Waals surface area contributed by atoms with E-state index in [9.17, 15) is 0 Å². The first kappa shape index (κ1) is 17.9. The Morgan fingerprint density at radius 1 is 1.00 bits per heavy atom. The Kier molecular flexibility index (Phi) is 11.2. The van der Waals surface area contributed by atoms with Crippen LogP contribution in [0.3, 0.4) is 0 Å². The van der Waals surface area contributed by atoms with E-state index < -0.39 is 0 Å². The summed E-state index contributed by atoms with van der Waals surface area (Å²) in [6.07, 6.45) is 2.31. The standard InChI is InChI=1S/C15H32N2O3/c1-3-4-8-18-10-12-20-13-11-19-9-7-17-6-5-16-15(2)14-17/h15-16H,3-14H2,1-2H3. The topological polar surface area (TPSA) is 43.0 Å². The molecule has 0 saturated carbocycles. The fourth-order valence-corrected chi connectivity index (χ4v) is 2.20. The third-order valence-electron chi connectivity index (χ3n) is 3.39. The molecular weight excluding hydrogens is 256 g/mol. The molecule has 1 unspecified atom stereocenters. The Morgan fingerprint density at radius 2 is 1.65 bits per heavy atom. The largest absolute Gasteiger partial charge is 0.379 e. The minimum absolute atomic E-state index is 0.597. The van der Waals surface area contributed by atoms with Crippen LogP contribution in [0.4, 0.5) is 0 Å². The lowest BCUT2D eigenvalue weighted by molar-refractivity contribution is 0.00907. The third kappa shape index (κ3) is 9.66. The molecule has 1 N–H and O–H groups in total. The van der Waals surface area contributed by atoms with Crippen molar-refractivity contribution < 1.29 is 14.2 Å². The quantitative estimate of drug-likeness (QED) is 0.545. The van der Waals surface area contributed by atoms with Gasteiger partial charge in [-0.1, -0.05) is 13.3 Å². The van der Waals surface area contributed by atoms with Crippen LogP contribution < -0.4 is 5.32 Å². The van der Waals surface area contributed by atoms with Gasteiger partial charge in [0.05, 0.1) is 33.0 Å². The van der Waals surface area contributed by atoms with Crippen LogP contribution in [0.5, 0.6) is 0 Å². The third-order valence-corrected chi connectivity index (χ3v) is 3.39. The van der Waals surface area contributed by atoms with Crippen LogP contribution in [0.2, 0.25) is 0 Å². The minimum Gasteiger partial charge on any atom is -0.379 e. The molecule has 0 aliphatic carbocycles. The Labute approximate surface area is 123 Å². The lowest BCUT2D eigenvalue weighted by Gasteiger charge is -2.31. The van der Waals surface area contributed by atoms with Crippen LogP contribution >= 0.6 is 0 Å². The minimum atomic E-state index is 0.597. The van der Waals surface area contributed by atoms with Crippen molar-refractivity contribution in [3.63, 3.8) is 0 Å². The van der Waals surface area contributed by atoms with Crippen molar-refractivity contribution in [3.05, 3.63) is 0 Å². The van der Waals surface area contributed by atoms with E-state index in [1.165, 1.54) is 6.42 Å². The second-order valence-corrected chi connectivity index (χ2v) is 5.35. The van der Waals surface area contributed by atoms with Gasteiger partial charge in [0.15, 0.2) is 0 Å². The van der Waals surface area contributed by atoms with Gasteiger partial charge >= 0.3 is 0 Å². The summed E-state index contributed by atoms with van der Waals surface area (Å²) in [4.78, 5) is 2.45. The van der Waals surface area contributed by atoms with Gasteiger partial charge in [-0.15, -0.1) is 0 Å². The second kappa shape index (κ2) is 12.5. The zero-order chi connectivity index (χ0) is 14.5. The summed E-state index contributed by atoms with van der Waals surface area (Å²) in [5.41, 5.74) is 0. The second-order valence-electron chi connectivity index (χ2n) is 5.35. The van der Waals surface area contributed by atoms with Crippen LogP contribution in [0.25, 0.3) is 0 Å². The SMILES string of the molecule is CCCCOCCOCCOCCN1CCNC(C)C1. The molecule has 1 saturated heterocycles. The molecule has 1 fully saturated rings. The first-order chi connectivity index (χ1) is 9.83. The van der Waals surface area contributed by atoms with Crippen LogP contribution in [0.1, 0.15) is 26.7 Å². The molecule has 0 aromatic carbocycles. The first-order valence-corrected chi connectivity index (χ1v) is 8.02. The molecule has 5 nitrogen and oxygen atoms in total. The molecule has 1 rings (SSSR count). The lowest BCUT2D eigenvalue weighted by Crippen LogP contribution is -2.49. The molecule has 0 radical (unpaired) electrons. The Hall–Kier alpha value is -0.200. The van der Waals surface area contributed by atoms with Gasteiger partial charge in [-0.05, 0) is 13.3 Å². The van der Waals surface area contributed by atoms with Gasteiger partial charge in [-0.2, -0.15) is 0 Å². The van der Waals surface area contributed by atoms with Gasteiger partial charge in [0, 0.05) is 38.8 Å². The van der Waals surface area contributed by atoms with Crippen LogP contribution in [0.15, 0.2) is 0 Å². The highest BCUT2D eigenvalue weighted by Gasteiger charge is 2.14. The van der Waals surface area contributed by atoms with Crippen LogP contribution in [0, 0.1) is 0 Å². The number of hydrogen-bond acceptors (Lipinski definition) is 5. The van der Waals surface area contributed by atoms with E-state index in [1.807, 2.05) is 0 Å². The summed E-state index contributed by atoms with van der Waals surface area (Å²) in [5.74, 6) is 0. The van der Waals surface area contributed by atoms with E-state index in [0.717, 1.165) is 45.8 Å². The fourth-order valence-electron chi connectivity index (χ4n) is 2.20. The highest BCUT2D eigenvalue weighted by Crippen LogP contribution is 1.97. The predicted molar refractivity (Wildman–Crippen MR) is 81.3 cm³/mol. The monoisotopic (exact) mass is 288 g/mol. The summed E-state index contributed by atoms with van der Waals surface area (Å²) < 4.78 is 16.5. The lowest BCUT2D eigenvalue weighted by atomic mass is 10.2. The molecule has 0 aromatic heterocycles. The molecule has 120 valence electrons. The molecule has 1 aliphatic heterocycles. The van der Waals surface area contributed by atoms with Crippen molar-refractivity contribution in [2.75, 3.05) is 65.8 Å². The number of unbranched alkanes of at least 4 members (excludes halogenated alkanes) is 1.